The summed E-state index contributed by atoms with van der Waals surface area (Å²) in [7, 11) is 0. The Morgan fingerprint density at radius 3 is 2.32 bits per heavy atom. The summed E-state index contributed by atoms with van der Waals surface area (Å²) in [6.45, 7) is 3.04. The molecular weight excluding hydrogens is 372 g/mol. The van der Waals surface area contributed by atoms with Crippen LogP contribution >= 0.6 is 11.6 Å². The van der Waals surface area contributed by atoms with Crippen molar-refractivity contribution in [2.75, 3.05) is 13.1 Å². The second-order valence-corrected chi connectivity index (χ2v) is 7.96. The van der Waals surface area contributed by atoms with Crippen molar-refractivity contribution in [2.24, 2.45) is 5.92 Å². The van der Waals surface area contributed by atoms with Gasteiger partial charge in [0.15, 0.2) is 0 Å². The molecule has 0 spiro atoms. The van der Waals surface area contributed by atoms with E-state index in [0.717, 1.165) is 37.9 Å². The summed E-state index contributed by atoms with van der Waals surface area (Å²) in [5, 5.41) is 3.53. The number of hydrogen-bond acceptors (Lipinski definition) is 2. The summed E-state index contributed by atoms with van der Waals surface area (Å²) in [6.07, 6.45) is 3.38. The Kier molecular flexibility index (Phi) is 7.10. The van der Waals surface area contributed by atoms with Crippen molar-refractivity contribution in [1.29, 1.82) is 0 Å². The van der Waals surface area contributed by atoms with Crippen LogP contribution in [0.25, 0.3) is 0 Å². The van der Waals surface area contributed by atoms with E-state index < -0.39 is 0 Å². The van der Waals surface area contributed by atoms with Gasteiger partial charge in [-0.3, -0.25) is 9.59 Å². The van der Waals surface area contributed by atoms with Crippen molar-refractivity contribution in [3.8, 4) is 0 Å². The van der Waals surface area contributed by atoms with Crippen LogP contribution in [-0.4, -0.2) is 29.8 Å². The van der Waals surface area contributed by atoms with Gasteiger partial charge < -0.3 is 10.2 Å². The highest BCUT2D eigenvalue weighted by atomic mass is 35.5. The van der Waals surface area contributed by atoms with E-state index in [2.05, 4.69) is 29.6 Å². The highest BCUT2D eigenvalue weighted by Gasteiger charge is 2.26. The molecule has 2 amide bonds. The molecule has 5 heteroatoms. The van der Waals surface area contributed by atoms with Crippen molar-refractivity contribution in [3.63, 3.8) is 0 Å². The molecular formula is C23H27ClN2O2. The number of hydrogen-bond donors (Lipinski definition) is 1. The van der Waals surface area contributed by atoms with E-state index in [9.17, 15) is 9.59 Å². The summed E-state index contributed by atoms with van der Waals surface area (Å²) in [5.74, 6) is 0.565. The van der Waals surface area contributed by atoms with Gasteiger partial charge in [0.2, 0.25) is 11.8 Å². The van der Waals surface area contributed by atoms with Crippen molar-refractivity contribution < 1.29 is 9.59 Å². The van der Waals surface area contributed by atoms with Gasteiger partial charge in [-0.05, 0) is 48.4 Å². The zero-order chi connectivity index (χ0) is 19.9. The van der Waals surface area contributed by atoms with E-state index in [0.29, 0.717) is 10.9 Å². The first-order chi connectivity index (χ1) is 13.5. The Labute approximate surface area is 171 Å². The molecule has 0 aromatic heterocycles. The smallest absolute Gasteiger partial charge is 0.224 e. The predicted octanol–water partition coefficient (Wildman–Crippen LogP) is 4.39. The third kappa shape index (κ3) is 5.83. The number of nitrogens with one attached hydrogen (secondary N) is 1. The quantitative estimate of drug-likeness (QED) is 0.784. The summed E-state index contributed by atoms with van der Waals surface area (Å²) < 4.78 is 0. The molecule has 1 saturated heterocycles. The van der Waals surface area contributed by atoms with Gasteiger partial charge in [0.05, 0.1) is 12.5 Å². The monoisotopic (exact) mass is 398 g/mol. The summed E-state index contributed by atoms with van der Waals surface area (Å²) >= 11 is 5.96. The Morgan fingerprint density at radius 1 is 1.07 bits per heavy atom. The van der Waals surface area contributed by atoms with Crippen molar-refractivity contribution in [2.45, 2.75) is 38.6 Å². The average molecular weight is 399 g/mol. The normalized spacial score (nSPS) is 15.9. The van der Waals surface area contributed by atoms with Gasteiger partial charge in [0.25, 0.3) is 0 Å². The molecule has 0 saturated carbocycles. The number of nitrogens with zero attached hydrogens (tertiary/aromatic N) is 1. The topological polar surface area (TPSA) is 49.4 Å². The van der Waals surface area contributed by atoms with E-state index in [-0.39, 0.29) is 24.3 Å². The van der Waals surface area contributed by atoms with Gasteiger partial charge in [-0.1, -0.05) is 54.1 Å². The zero-order valence-electron chi connectivity index (χ0n) is 16.2. The zero-order valence-corrected chi connectivity index (χ0v) is 17.0. The number of benzene rings is 2. The molecule has 1 heterocycles. The summed E-state index contributed by atoms with van der Waals surface area (Å²) in [6, 6.07) is 17.5. The standard InChI is InChI=1S/C23H27ClN2O2/c1-17(27)25-22(20-7-9-21(24)10-8-20)16-23(28)26-13-11-19(12-14-26)15-18-5-3-2-4-6-18/h2-10,19,22H,11-16H2,1H3,(H,25,27)/t22-/m0/s1. The molecule has 0 radical (unpaired) electrons. The number of carbonyl (C=O) groups is 2. The van der Waals surface area contributed by atoms with Gasteiger partial charge in [-0.25, -0.2) is 0 Å². The Morgan fingerprint density at radius 2 is 1.71 bits per heavy atom. The molecule has 2 aromatic carbocycles. The Bertz CT molecular complexity index is 784. The Balaban J connectivity index is 1.55. The highest BCUT2D eigenvalue weighted by Crippen LogP contribution is 2.25. The lowest BCUT2D eigenvalue weighted by atomic mass is 9.90. The molecule has 0 unspecified atom stereocenters. The number of rotatable bonds is 6. The SMILES string of the molecule is CC(=O)N[C@@H](CC(=O)N1CCC(Cc2ccccc2)CC1)c1ccc(Cl)cc1. The lowest BCUT2D eigenvalue weighted by molar-refractivity contribution is -0.133. The van der Waals surface area contributed by atoms with E-state index in [1.54, 1.807) is 12.1 Å². The second-order valence-electron chi connectivity index (χ2n) is 7.52. The molecule has 3 rings (SSSR count). The molecule has 1 atom stereocenters. The van der Waals surface area contributed by atoms with Crippen molar-refractivity contribution in [1.82, 2.24) is 10.2 Å². The molecule has 28 heavy (non-hydrogen) atoms. The fraction of sp³-hybridized carbons (Fsp3) is 0.391. The van der Waals surface area contributed by atoms with Gasteiger partial charge in [-0.15, -0.1) is 0 Å². The van der Waals surface area contributed by atoms with Gasteiger partial charge >= 0.3 is 0 Å². The molecule has 148 valence electrons. The molecule has 0 aliphatic carbocycles. The van der Waals surface area contributed by atoms with Crippen LogP contribution in [0.3, 0.4) is 0 Å². The van der Waals surface area contributed by atoms with Crippen LogP contribution in [0.15, 0.2) is 54.6 Å². The fourth-order valence-electron chi connectivity index (χ4n) is 3.83. The van der Waals surface area contributed by atoms with E-state index in [4.69, 9.17) is 11.6 Å². The molecule has 1 N–H and O–H groups in total. The Hall–Kier alpha value is -2.33. The van der Waals surface area contributed by atoms with E-state index in [1.165, 1.54) is 12.5 Å². The third-order valence-corrected chi connectivity index (χ3v) is 5.62. The highest BCUT2D eigenvalue weighted by molar-refractivity contribution is 6.30. The van der Waals surface area contributed by atoms with Crippen LogP contribution in [0.4, 0.5) is 0 Å². The van der Waals surface area contributed by atoms with Gasteiger partial charge in [0.1, 0.15) is 0 Å². The number of piperidine rings is 1. The minimum atomic E-state index is -0.329. The molecule has 4 nitrogen and oxygen atoms in total. The maximum absolute atomic E-state index is 12.8. The van der Waals surface area contributed by atoms with Crippen molar-refractivity contribution >= 4 is 23.4 Å². The average Bonchev–Trinajstić information content (AvgIpc) is 2.69. The summed E-state index contributed by atoms with van der Waals surface area (Å²) in [5.41, 5.74) is 2.26. The number of carbonyl (C=O) groups excluding carboxylic acids is 2. The number of amides is 2. The van der Waals surface area contributed by atoms with Gasteiger partial charge in [0, 0.05) is 25.0 Å². The van der Waals surface area contributed by atoms with Crippen LogP contribution < -0.4 is 5.32 Å². The lowest BCUT2D eigenvalue weighted by Gasteiger charge is -2.33. The van der Waals surface area contributed by atoms with Crippen molar-refractivity contribution in [3.05, 3.63) is 70.7 Å². The largest absolute Gasteiger partial charge is 0.349 e. The second kappa shape index (κ2) is 9.74. The maximum atomic E-state index is 12.8. The third-order valence-electron chi connectivity index (χ3n) is 5.36. The van der Waals surface area contributed by atoms with Crippen LogP contribution in [0, 0.1) is 5.92 Å². The first-order valence-corrected chi connectivity index (χ1v) is 10.2. The lowest BCUT2D eigenvalue weighted by Crippen LogP contribution is -2.41. The van der Waals surface area contributed by atoms with Crippen LogP contribution in [0.5, 0.6) is 0 Å². The van der Waals surface area contributed by atoms with Gasteiger partial charge in [-0.2, -0.15) is 0 Å². The number of likely N-dealkylation sites (tertiary alicyclic amines) is 1. The minimum absolute atomic E-state index is 0.0897. The first-order valence-electron chi connectivity index (χ1n) is 9.85. The molecule has 1 fully saturated rings. The predicted molar refractivity (Wildman–Crippen MR) is 112 cm³/mol. The first kappa shape index (κ1) is 20.4. The van der Waals surface area contributed by atoms with E-state index >= 15 is 0 Å². The van der Waals surface area contributed by atoms with E-state index in [1.807, 2.05) is 23.1 Å². The molecule has 1 aliphatic rings. The van der Waals surface area contributed by atoms with Crippen LogP contribution in [0.1, 0.15) is 43.4 Å². The summed E-state index contributed by atoms with van der Waals surface area (Å²) in [4.78, 5) is 26.4. The minimum Gasteiger partial charge on any atom is -0.349 e. The molecule has 0 bridgehead atoms. The maximum Gasteiger partial charge on any atom is 0.224 e. The fourth-order valence-corrected chi connectivity index (χ4v) is 3.96. The molecule has 2 aromatic rings. The number of halogens is 1. The van der Waals surface area contributed by atoms with Crippen LogP contribution in [-0.2, 0) is 16.0 Å². The molecule has 1 aliphatic heterocycles. The van der Waals surface area contributed by atoms with Crippen LogP contribution in [0.2, 0.25) is 5.02 Å².